The molecule has 0 radical (unpaired) electrons. The molecule has 0 unspecified atom stereocenters. The summed E-state index contributed by atoms with van der Waals surface area (Å²) in [5.41, 5.74) is 7.76. The van der Waals surface area contributed by atoms with E-state index in [1.807, 2.05) is 11.5 Å². The Balaban J connectivity index is 2.53. The van der Waals surface area contributed by atoms with Gasteiger partial charge in [-0.05, 0) is 24.6 Å². The van der Waals surface area contributed by atoms with Gasteiger partial charge in [0.15, 0.2) is 0 Å². The van der Waals surface area contributed by atoms with Crippen LogP contribution in [0.2, 0.25) is 10.0 Å². The Morgan fingerprint density at radius 3 is 2.88 bits per heavy atom. The SMILES string of the molecule is CC[C@@H](N)c1cncn1-c1cc(Cl)ccc1Cl. The number of halogens is 2. The number of benzene rings is 1. The summed E-state index contributed by atoms with van der Waals surface area (Å²) < 4.78 is 1.88. The number of aromatic nitrogens is 2. The molecule has 2 aromatic rings. The Kier molecular flexibility index (Phi) is 3.72. The molecular formula is C12H13Cl2N3. The van der Waals surface area contributed by atoms with E-state index < -0.39 is 0 Å². The van der Waals surface area contributed by atoms with Gasteiger partial charge in [-0.1, -0.05) is 30.1 Å². The monoisotopic (exact) mass is 269 g/mol. The van der Waals surface area contributed by atoms with Crippen molar-refractivity contribution in [2.75, 3.05) is 0 Å². The van der Waals surface area contributed by atoms with Gasteiger partial charge < -0.3 is 10.3 Å². The zero-order valence-electron chi connectivity index (χ0n) is 9.40. The summed E-state index contributed by atoms with van der Waals surface area (Å²) in [7, 11) is 0. The van der Waals surface area contributed by atoms with Crippen LogP contribution < -0.4 is 5.73 Å². The summed E-state index contributed by atoms with van der Waals surface area (Å²) in [5.74, 6) is 0. The molecule has 2 rings (SSSR count). The molecule has 0 bridgehead atoms. The third-order valence-electron chi connectivity index (χ3n) is 2.65. The topological polar surface area (TPSA) is 43.8 Å². The lowest BCUT2D eigenvalue weighted by atomic mass is 10.2. The van der Waals surface area contributed by atoms with Crippen LogP contribution in [0.4, 0.5) is 0 Å². The molecule has 0 spiro atoms. The first-order chi connectivity index (χ1) is 8.13. The molecule has 1 heterocycles. The number of nitrogens with zero attached hydrogens (tertiary/aromatic N) is 2. The minimum Gasteiger partial charge on any atom is -0.323 e. The predicted octanol–water partition coefficient (Wildman–Crippen LogP) is 3.59. The highest BCUT2D eigenvalue weighted by Crippen LogP contribution is 2.27. The normalized spacial score (nSPS) is 12.7. The summed E-state index contributed by atoms with van der Waals surface area (Å²) in [4.78, 5) is 4.12. The van der Waals surface area contributed by atoms with E-state index in [0.717, 1.165) is 17.8 Å². The number of hydrogen-bond donors (Lipinski definition) is 1. The second kappa shape index (κ2) is 5.08. The third-order valence-corrected chi connectivity index (χ3v) is 3.21. The van der Waals surface area contributed by atoms with E-state index >= 15 is 0 Å². The Bertz CT molecular complexity index is 522. The second-order valence-corrected chi connectivity index (χ2v) is 4.64. The van der Waals surface area contributed by atoms with Crippen LogP contribution in [-0.2, 0) is 0 Å². The highest BCUT2D eigenvalue weighted by atomic mass is 35.5. The summed E-state index contributed by atoms with van der Waals surface area (Å²) in [6, 6.07) is 5.26. The fourth-order valence-corrected chi connectivity index (χ4v) is 2.04. The Morgan fingerprint density at radius 1 is 1.41 bits per heavy atom. The molecule has 0 saturated heterocycles. The van der Waals surface area contributed by atoms with Crippen LogP contribution >= 0.6 is 23.2 Å². The highest BCUT2D eigenvalue weighted by Gasteiger charge is 2.13. The molecule has 1 atom stereocenters. The summed E-state index contributed by atoms with van der Waals surface area (Å²) >= 11 is 12.1. The number of hydrogen-bond acceptors (Lipinski definition) is 2. The van der Waals surface area contributed by atoms with Crippen LogP contribution in [-0.4, -0.2) is 9.55 Å². The lowest BCUT2D eigenvalue weighted by Crippen LogP contribution is -2.13. The lowest BCUT2D eigenvalue weighted by Gasteiger charge is -2.14. The average Bonchev–Trinajstić information content (AvgIpc) is 2.80. The molecule has 3 nitrogen and oxygen atoms in total. The van der Waals surface area contributed by atoms with Crippen LogP contribution in [0.5, 0.6) is 0 Å². The van der Waals surface area contributed by atoms with E-state index in [4.69, 9.17) is 28.9 Å². The van der Waals surface area contributed by atoms with Crippen LogP contribution in [0.15, 0.2) is 30.7 Å². The third kappa shape index (κ3) is 2.46. The number of rotatable bonds is 3. The van der Waals surface area contributed by atoms with Crippen LogP contribution in [0, 0.1) is 0 Å². The number of imidazole rings is 1. The van der Waals surface area contributed by atoms with Crippen molar-refractivity contribution in [2.24, 2.45) is 5.73 Å². The van der Waals surface area contributed by atoms with Gasteiger partial charge in [0.25, 0.3) is 0 Å². The van der Waals surface area contributed by atoms with Gasteiger partial charge in [-0.25, -0.2) is 4.98 Å². The van der Waals surface area contributed by atoms with Gasteiger partial charge in [0.1, 0.15) is 0 Å². The van der Waals surface area contributed by atoms with Gasteiger partial charge in [0, 0.05) is 11.1 Å². The largest absolute Gasteiger partial charge is 0.323 e. The first-order valence-electron chi connectivity index (χ1n) is 5.36. The van der Waals surface area contributed by atoms with E-state index in [1.54, 1.807) is 30.7 Å². The van der Waals surface area contributed by atoms with Crippen LogP contribution in [0.1, 0.15) is 25.1 Å². The summed E-state index contributed by atoms with van der Waals surface area (Å²) in [6.45, 7) is 2.03. The van der Waals surface area contributed by atoms with Gasteiger partial charge >= 0.3 is 0 Å². The molecule has 0 aliphatic rings. The molecule has 1 aromatic heterocycles. The van der Waals surface area contributed by atoms with Crippen molar-refractivity contribution in [3.63, 3.8) is 0 Å². The van der Waals surface area contributed by atoms with Crippen LogP contribution in [0.25, 0.3) is 5.69 Å². The summed E-state index contributed by atoms with van der Waals surface area (Å²) in [6.07, 6.45) is 4.29. The van der Waals surface area contributed by atoms with Crippen molar-refractivity contribution in [1.82, 2.24) is 9.55 Å². The Hall–Kier alpha value is -1.03. The molecular weight excluding hydrogens is 257 g/mol. The average molecular weight is 270 g/mol. The predicted molar refractivity (Wildman–Crippen MR) is 70.8 cm³/mol. The van der Waals surface area contributed by atoms with E-state index in [1.165, 1.54) is 0 Å². The minimum atomic E-state index is -0.0625. The fourth-order valence-electron chi connectivity index (χ4n) is 1.66. The second-order valence-electron chi connectivity index (χ2n) is 3.80. The fraction of sp³-hybridized carbons (Fsp3) is 0.250. The molecule has 0 saturated carbocycles. The molecule has 0 amide bonds. The maximum absolute atomic E-state index is 6.16. The smallest absolute Gasteiger partial charge is 0.0995 e. The van der Waals surface area contributed by atoms with Gasteiger partial charge in [0.2, 0.25) is 0 Å². The Labute approximate surface area is 110 Å². The zero-order valence-corrected chi connectivity index (χ0v) is 10.9. The molecule has 1 aromatic carbocycles. The van der Waals surface area contributed by atoms with E-state index in [-0.39, 0.29) is 6.04 Å². The Morgan fingerprint density at radius 2 is 2.18 bits per heavy atom. The van der Waals surface area contributed by atoms with Crippen molar-refractivity contribution in [3.05, 3.63) is 46.5 Å². The lowest BCUT2D eigenvalue weighted by molar-refractivity contribution is 0.660. The van der Waals surface area contributed by atoms with Crippen molar-refractivity contribution < 1.29 is 0 Å². The van der Waals surface area contributed by atoms with Crippen LogP contribution in [0.3, 0.4) is 0 Å². The van der Waals surface area contributed by atoms with Crippen molar-refractivity contribution in [1.29, 1.82) is 0 Å². The van der Waals surface area contributed by atoms with Gasteiger partial charge in [-0.2, -0.15) is 0 Å². The van der Waals surface area contributed by atoms with E-state index in [2.05, 4.69) is 4.98 Å². The van der Waals surface area contributed by atoms with Gasteiger partial charge in [-0.15, -0.1) is 0 Å². The molecule has 0 aliphatic carbocycles. The zero-order chi connectivity index (χ0) is 12.4. The first kappa shape index (κ1) is 12.4. The maximum atomic E-state index is 6.16. The molecule has 0 aliphatic heterocycles. The molecule has 17 heavy (non-hydrogen) atoms. The van der Waals surface area contributed by atoms with Crippen molar-refractivity contribution >= 4 is 23.2 Å². The first-order valence-corrected chi connectivity index (χ1v) is 6.12. The molecule has 90 valence electrons. The highest BCUT2D eigenvalue weighted by molar-refractivity contribution is 6.34. The van der Waals surface area contributed by atoms with Gasteiger partial charge in [0.05, 0.1) is 28.9 Å². The van der Waals surface area contributed by atoms with Gasteiger partial charge in [-0.3, -0.25) is 0 Å². The quantitative estimate of drug-likeness (QED) is 0.926. The van der Waals surface area contributed by atoms with Crippen molar-refractivity contribution in [3.8, 4) is 5.69 Å². The van der Waals surface area contributed by atoms with E-state index in [9.17, 15) is 0 Å². The molecule has 5 heteroatoms. The van der Waals surface area contributed by atoms with Crippen molar-refractivity contribution in [2.45, 2.75) is 19.4 Å². The summed E-state index contributed by atoms with van der Waals surface area (Å²) in [5, 5.41) is 1.26. The minimum absolute atomic E-state index is 0.0625. The number of nitrogens with two attached hydrogens (primary N) is 1. The standard InChI is InChI=1S/C12H13Cl2N3/c1-2-10(15)12-6-16-7-17(12)11-5-8(13)3-4-9(11)14/h3-7,10H,2,15H2,1H3/t10-/m1/s1. The molecule has 2 N–H and O–H groups in total. The van der Waals surface area contributed by atoms with E-state index in [0.29, 0.717) is 10.0 Å². The maximum Gasteiger partial charge on any atom is 0.0995 e. The molecule has 0 fully saturated rings.